The lowest BCUT2D eigenvalue weighted by Gasteiger charge is -2.21. The predicted molar refractivity (Wildman–Crippen MR) is 91.5 cm³/mol. The van der Waals surface area contributed by atoms with Gasteiger partial charge in [0.2, 0.25) is 5.91 Å². The zero-order chi connectivity index (χ0) is 15.5. The smallest absolute Gasteiger partial charge is 0.232 e. The minimum absolute atomic E-state index is 0.0736. The highest BCUT2D eigenvalue weighted by Crippen LogP contribution is 2.34. The highest BCUT2D eigenvalue weighted by atomic mass is 16.2. The predicted octanol–water partition coefficient (Wildman–Crippen LogP) is 3.81. The molecule has 0 aliphatic carbocycles. The average molecular weight is 294 g/mol. The highest BCUT2D eigenvalue weighted by molar-refractivity contribution is 6.03. The van der Waals surface area contributed by atoms with Crippen LogP contribution in [0.25, 0.3) is 0 Å². The van der Waals surface area contributed by atoms with E-state index < -0.39 is 0 Å². The molecule has 1 heterocycles. The van der Waals surface area contributed by atoms with Gasteiger partial charge < -0.3 is 10.2 Å². The van der Waals surface area contributed by atoms with E-state index in [-0.39, 0.29) is 11.8 Å². The Balaban J connectivity index is 1.78. The second kappa shape index (κ2) is 6.22. The second-order valence-corrected chi connectivity index (χ2v) is 5.67. The third kappa shape index (κ3) is 2.71. The van der Waals surface area contributed by atoms with Crippen LogP contribution in [-0.2, 0) is 11.2 Å². The molecule has 3 heteroatoms. The number of hydrogen-bond acceptors (Lipinski definition) is 2. The lowest BCUT2D eigenvalue weighted by Crippen LogP contribution is -2.21. The Labute approximate surface area is 132 Å². The number of carbonyl (C=O) groups excluding carboxylic acids is 1. The van der Waals surface area contributed by atoms with E-state index in [0.29, 0.717) is 0 Å². The molecular weight excluding hydrogens is 272 g/mol. The van der Waals surface area contributed by atoms with Crippen molar-refractivity contribution in [2.75, 3.05) is 23.3 Å². The summed E-state index contributed by atoms with van der Waals surface area (Å²) in [6.45, 7) is 6.34. The average Bonchev–Trinajstić information content (AvgIpc) is 2.86. The van der Waals surface area contributed by atoms with Gasteiger partial charge in [-0.05, 0) is 49.6 Å². The molecule has 0 saturated carbocycles. The first-order valence-corrected chi connectivity index (χ1v) is 7.96. The van der Waals surface area contributed by atoms with Crippen LogP contribution < -0.4 is 10.2 Å². The summed E-state index contributed by atoms with van der Waals surface area (Å²) in [4.78, 5) is 14.5. The van der Waals surface area contributed by atoms with Crippen molar-refractivity contribution < 1.29 is 4.79 Å². The maximum atomic E-state index is 12.2. The third-order valence-electron chi connectivity index (χ3n) is 4.42. The van der Waals surface area contributed by atoms with Crippen molar-refractivity contribution >= 4 is 17.3 Å². The number of anilines is 2. The van der Waals surface area contributed by atoms with E-state index in [0.717, 1.165) is 30.8 Å². The Hall–Kier alpha value is -2.29. The zero-order valence-corrected chi connectivity index (χ0v) is 13.2. The van der Waals surface area contributed by atoms with Gasteiger partial charge in [0.15, 0.2) is 0 Å². The molecule has 0 aromatic heterocycles. The normalized spacial score (nSPS) is 16.3. The van der Waals surface area contributed by atoms with Crippen molar-refractivity contribution in [2.45, 2.75) is 26.2 Å². The lowest BCUT2D eigenvalue weighted by molar-refractivity contribution is -0.117. The van der Waals surface area contributed by atoms with Crippen molar-refractivity contribution in [3.05, 3.63) is 59.7 Å². The van der Waals surface area contributed by atoms with Crippen molar-refractivity contribution in [1.82, 2.24) is 0 Å². The Morgan fingerprint density at radius 1 is 1.00 bits per heavy atom. The van der Waals surface area contributed by atoms with Crippen LogP contribution in [-0.4, -0.2) is 19.0 Å². The molecule has 114 valence electrons. The van der Waals surface area contributed by atoms with Gasteiger partial charge in [-0.1, -0.05) is 30.3 Å². The molecule has 0 fully saturated rings. The van der Waals surface area contributed by atoms with Gasteiger partial charge in [-0.2, -0.15) is 0 Å². The fraction of sp³-hybridized carbons (Fsp3) is 0.316. The van der Waals surface area contributed by atoms with Crippen LogP contribution in [0.3, 0.4) is 0 Å². The molecule has 0 bridgehead atoms. The largest absolute Gasteiger partial charge is 0.372 e. The van der Waals surface area contributed by atoms with Crippen LogP contribution in [0.2, 0.25) is 0 Å². The van der Waals surface area contributed by atoms with E-state index in [1.54, 1.807) is 0 Å². The first-order chi connectivity index (χ1) is 10.7. The number of rotatable bonds is 5. The van der Waals surface area contributed by atoms with Gasteiger partial charge in [0, 0.05) is 24.5 Å². The zero-order valence-electron chi connectivity index (χ0n) is 13.2. The molecule has 2 aromatic carbocycles. The van der Waals surface area contributed by atoms with Crippen LogP contribution in [0.1, 0.15) is 30.9 Å². The summed E-state index contributed by atoms with van der Waals surface area (Å²) < 4.78 is 0. The van der Waals surface area contributed by atoms with E-state index in [9.17, 15) is 4.79 Å². The van der Waals surface area contributed by atoms with Gasteiger partial charge in [-0.25, -0.2) is 0 Å². The lowest BCUT2D eigenvalue weighted by atomic mass is 9.93. The van der Waals surface area contributed by atoms with Crippen molar-refractivity contribution in [3.8, 4) is 0 Å². The summed E-state index contributed by atoms with van der Waals surface area (Å²) in [5.74, 6) is 0.0320. The number of hydrogen-bond donors (Lipinski definition) is 1. The fourth-order valence-electron chi connectivity index (χ4n) is 3.15. The number of nitrogens with zero attached hydrogens (tertiary/aromatic N) is 1. The van der Waals surface area contributed by atoms with E-state index in [1.165, 1.54) is 11.3 Å². The Morgan fingerprint density at radius 2 is 1.68 bits per heavy atom. The summed E-state index contributed by atoms with van der Waals surface area (Å²) in [7, 11) is 0. The maximum Gasteiger partial charge on any atom is 0.232 e. The molecule has 1 aliphatic rings. The summed E-state index contributed by atoms with van der Waals surface area (Å²) in [6.07, 6.45) is 0.751. The monoisotopic (exact) mass is 294 g/mol. The van der Waals surface area contributed by atoms with E-state index in [1.807, 2.05) is 24.3 Å². The number of carbonyl (C=O) groups is 1. The van der Waals surface area contributed by atoms with Crippen molar-refractivity contribution in [1.29, 1.82) is 0 Å². The molecular formula is C19H22N2O. The van der Waals surface area contributed by atoms with Crippen molar-refractivity contribution in [2.24, 2.45) is 0 Å². The molecule has 1 N–H and O–H groups in total. The van der Waals surface area contributed by atoms with E-state index in [4.69, 9.17) is 0 Å². The third-order valence-corrected chi connectivity index (χ3v) is 4.42. The molecule has 1 unspecified atom stereocenters. The highest BCUT2D eigenvalue weighted by Gasteiger charge is 2.29. The van der Waals surface area contributed by atoms with Gasteiger partial charge in [0.05, 0.1) is 5.92 Å². The van der Waals surface area contributed by atoms with Gasteiger partial charge in [-0.15, -0.1) is 0 Å². The van der Waals surface area contributed by atoms with Crippen molar-refractivity contribution in [3.63, 3.8) is 0 Å². The Bertz CT molecular complexity index is 659. The number of nitrogens with one attached hydrogen (secondary N) is 1. The molecule has 3 rings (SSSR count). The van der Waals surface area contributed by atoms with Crippen LogP contribution in [0.15, 0.2) is 48.5 Å². The number of para-hydroxylation sites is 1. The van der Waals surface area contributed by atoms with Gasteiger partial charge >= 0.3 is 0 Å². The van der Waals surface area contributed by atoms with Gasteiger partial charge in [-0.3, -0.25) is 4.79 Å². The molecule has 3 nitrogen and oxygen atoms in total. The van der Waals surface area contributed by atoms with E-state index >= 15 is 0 Å². The minimum Gasteiger partial charge on any atom is -0.372 e. The van der Waals surface area contributed by atoms with Gasteiger partial charge in [0.25, 0.3) is 0 Å². The standard InChI is InChI=1S/C19H22N2O/c1-3-21(4-2)15-11-9-14(10-12-15)13-17-16-7-5-6-8-18(16)20-19(17)22/h5-12,17H,3-4,13H2,1-2H3,(H,20,22). The topological polar surface area (TPSA) is 32.3 Å². The maximum absolute atomic E-state index is 12.2. The summed E-state index contributed by atoms with van der Waals surface area (Å²) in [6, 6.07) is 16.6. The summed E-state index contributed by atoms with van der Waals surface area (Å²) in [5.41, 5.74) is 4.51. The van der Waals surface area contributed by atoms with Crippen LogP contribution in [0.5, 0.6) is 0 Å². The molecule has 1 amide bonds. The number of benzene rings is 2. The minimum atomic E-state index is -0.0736. The molecule has 0 spiro atoms. The van der Waals surface area contributed by atoms with Crippen LogP contribution >= 0.6 is 0 Å². The number of fused-ring (bicyclic) bond motifs is 1. The van der Waals surface area contributed by atoms with Gasteiger partial charge in [0.1, 0.15) is 0 Å². The first-order valence-electron chi connectivity index (χ1n) is 7.96. The summed E-state index contributed by atoms with van der Waals surface area (Å²) >= 11 is 0. The summed E-state index contributed by atoms with van der Waals surface area (Å²) in [5, 5.41) is 2.97. The fourth-order valence-corrected chi connectivity index (χ4v) is 3.15. The molecule has 0 saturated heterocycles. The van der Waals surface area contributed by atoms with Crippen LogP contribution in [0.4, 0.5) is 11.4 Å². The van der Waals surface area contributed by atoms with E-state index in [2.05, 4.69) is 48.3 Å². The quantitative estimate of drug-likeness (QED) is 0.909. The Morgan fingerprint density at radius 3 is 2.36 bits per heavy atom. The Kier molecular flexibility index (Phi) is 4.14. The molecule has 22 heavy (non-hydrogen) atoms. The SMILES string of the molecule is CCN(CC)c1ccc(CC2C(=O)Nc3ccccc32)cc1. The molecule has 0 radical (unpaired) electrons. The molecule has 1 aliphatic heterocycles. The van der Waals surface area contributed by atoms with Crippen LogP contribution in [0, 0.1) is 0 Å². The number of amides is 1. The molecule has 2 aromatic rings. The molecule has 1 atom stereocenters. The second-order valence-electron chi connectivity index (χ2n) is 5.67. The first kappa shape index (κ1) is 14.6.